The molecule has 0 spiro atoms. The molecule has 2 saturated heterocycles. The van der Waals surface area contributed by atoms with Crippen LogP contribution in [0.5, 0.6) is 0 Å². The van der Waals surface area contributed by atoms with E-state index < -0.39 is 0 Å². The molecular weight excluding hydrogens is 304 g/mol. The van der Waals surface area contributed by atoms with Crippen molar-refractivity contribution in [2.75, 3.05) is 6.61 Å². The highest BCUT2D eigenvalue weighted by atomic mass is 16.7. The molecule has 0 aromatic carbocycles. The first-order chi connectivity index (χ1) is 11.7. The van der Waals surface area contributed by atoms with Crippen molar-refractivity contribution in [1.29, 1.82) is 0 Å². The van der Waals surface area contributed by atoms with Crippen LogP contribution in [0.25, 0.3) is 0 Å². The highest BCUT2D eigenvalue weighted by Crippen LogP contribution is 2.33. The summed E-state index contributed by atoms with van der Waals surface area (Å²) in [6, 6.07) is 0. The molecule has 4 atom stereocenters. The van der Waals surface area contributed by atoms with Gasteiger partial charge in [0.05, 0.1) is 12.0 Å². The molecule has 2 rings (SSSR count). The summed E-state index contributed by atoms with van der Waals surface area (Å²) in [6.07, 6.45) is 13.6. The third-order valence-electron chi connectivity index (χ3n) is 5.06. The van der Waals surface area contributed by atoms with Crippen molar-refractivity contribution in [1.82, 2.24) is 0 Å². The Kier molecular flexibility index (Phi) is 8.82. The Bertz CT molecular complexity index is 376. The van der Waals surface area contributed by atoms with Crippen molar-refractivity contribution < 1.29 is 19.0 Å². The predicted molar refractivity (Wildman–Crippen MR) is 94.6 cm³/mol. The summed E-state index contributed by atoms with van der Waals surface area (Å²) >= 11 is 0. The first-order valence-electron chi connectivity index (χ1n) is 9.83. The van der Waals surface area contributed by atoms with Gasteiger partial charge in [0.2, 0.25) is 0 Å². The number of unbranched alkanes of at least 4 members (excludes halogenated alkanes) is 3. The average molecular weight is 338 g/mol. The molecule has 0 aromatic heterocycles. The van der Waals surface area contributed by atoms with Gasteiger partial charge in [0, 0.05) is 13.0 Å². The second-order valence-electron chi connectivity index (χ2n) is 7.09. The van der Waals surface area contributed by atoms with E-state index in [0.29, 0.717) is 0 Å². The van der Waals surface area contributed by atoms with Gasteiger partial charge in [-0.25, -0.2) is 0 Å². The number of carbonyl (C=O) groups excluding carboxylic acids is 1. The maximum Gasteiger partial charge on any atom is 0.313 e. The van der Waals surface area contributed by atoms with E-state index in [1.165, 1.54) is 19.3 Å². The fraction of sp³-hybridized carbons (Fsp3) is 0.850. The second-order valence-corrected chi connectivity index (χ2v) is 7.09. The summed E-state index contributed by atoms with van der Waals surface area (Å²) in [5, 5.41) is 0. The van der Waals surface area contributed by atoms with Crippen molar-refractivity contribution in [3.63, 3.8) is 0 Å². The van der Waals surface area contributed by atoms with Gasteiger partial charge in [-0.1, -0.05) is 38.7 Å². The van der Waals surface area contributed by atoms with Crippen molar-refractivity contribution >= 4 is 5.97 Å². The fourth-order valence-electron chi connectivity index (χ4n) is 3.54. The van der Waals surface area contributed by atoms with Gasteiger partial charge in [-0.3, -0.25) is 4.79 Å². The molecule has 0 aromatic rings. The fourth-order valence-corrected chi connectivity index (χ4v) is 3.54. The lowest BCUT2D eigenvalue weighted by Crippen LogP contribution is -2.47. The molecule has 4 nitrogen and oxygen atoms in total. The van der Waals surface area contributed by atoms with Gasteiger partial charge < -0.3 is 14.2 Å². The number of carbonyl (C=O) groups is 1. The minimum atomic E-state index is -0.0904. The SMILES string of the molecule is C=CCCC(CC1OC(=O)C1CCCCCC)O[C@@H]1CCCCO1. The second kappa shape index (κ2) is 10.9. The molecule has 138 valence electrons. The van der Waals surface area contributed by atoms with E-state index in [2.05, 4.69) is 13.5 Å². The predicted octanol–water partition coefficient (Wildman–Crippen LogP) is 4.77. The molecule has 2 heterocycles. The third-order valence-corrected chi connectivity index (χ3v) is 5.06. The third kappa shape index (κ3) is 6.21. The molecule has 24 heavy (non-hydrogen) atoms. The van der Waals surface area contributed by atoms with E-state index in [0.717, 1.165) is 58.0 Å². The maximum atomic E-state index is 11.8. The zero-order valence-corrected chi connectivity index (χ0v) is 15.2. The van der Waals surface area contributed by atoms with Crippen LogP contribution in [0.15, 0.2) is 12.7 Å². The molecule has 2 aliphatic heterocycles. The summed E-state index contributed by atoms with van der Waals surface area (Å²) < 4.78 is 17.3. The van der Waals surface area contributed by atoms with Crippen LogP contribution in [0.4, 0.5) is 0 Å². The van der Waals surface area contributed by atoms with Crippen molar-refractivity contribution in [3.05, 3.63) is 12.7 Å². The van der Waals surface area contributed by atoms with E-state index in [9.17, 15) is 4.79 Å². The Labute approximate surface area is 146 Å². The van der Waals surface area contributed by atoms with Crippen LogP contribution in [0.3, 0.4) is 0 Å². The van der Waals surface area contributed by atoms with Crippen LogP contribution < -0.4 is 0 Å². The summed E-state index contributed by atoms with van der Waals surface area (Å²) in [6.45, 7) is 6.80. The van der Waals surface area contributed by atoms with Gasteiger partial charge in [-0.15, -0.1) is 6.58 Å². The Morgan fingerprint density at radius 2 is 2.21 bits per heavy atom. The summed E-state index contributed by atoms with van der Waals surface area (Å²) in [5.41, 5.74) is 0. The van der Waals surface area contributed by atoms with Gasteiger partial charge in [0.25, 0.3) is 0 Å². The smallest absolute Gasteiger partial charge is 0.313 e. The number of ether oxygens (including phenoxy) is 3. The van der Waals surface area contributed by atoms with Crippen LogP contribution in [0.2, 0.25) is 0 Å². The summed E-state index contributed by atoms with van der Waals surface area (Å²) in [4.78, 5) is 11.8. The molecule has 4 heteroatoms. The van der Waals surface area contributed by atoms with Gasteiger partial charge in [-0.2, -0.15) is 0 Å². The lowest BCUT2D eigenvalue weighted by molar-refractivity contribution is -0.210. The molecule has 0 saturated carbocycles. The number of cyclic esters (lactones) is 1. The minimum absolute atomic E-state index is 0.0205. The number of rotatable bonds is 12. The Hall–Kier alpha value is -0.870. The van der Waals surface area contributed by atoms with Gasteiger partial charge >= 0.3 is 5.97 Å². The van der Waals surface area contributed by atoms with Crippen LogP contribution in [-0.2, 0) is 19.0 Å². The molecule has 0 aliphatic carbocycles. The summed E-state index contributed by atoms with van der Waals surface area (Å²) in [7, 11) is 0. The number of allylic oxidation sites excluding steroid dienone is 1. The van der Waals surface area contributed by atoms with E-state index in [1.807, 2.05) is 6.08 Å². The number of esters is 1. The zero-order chi connectivity index (χ0) is 17.2. The van der Waals surface area contributed by atoms with Crippen LogP contribution in [0.1, 0.15) is 77.6 Å². The van der Waals surface area contributed by atoms with Gasteiger partial charge in [-0.05, 0) is 38.5 Å². The standard InChI is InChI=1S/C20H34O4/c1-3-5-7-8-12-17-18(24-20(17)21)15-16(11-6-4-2)23-19-13-9-10-14-22-19/h4,16-19H,2-3,5-15H2,1H3/t16?,17?,18?,19-/m1/s1. The number of hydrogen-bond acceptors (Lipinski definition) is 4. The first kappa shape index (κ1) is 19.5. The lowest BCUT2D eigenvalue weighted by atomic mass is 9.86. The average Bonchev–Trinajstić information content (AvgIpc) is 2.59. The van der Waals surface area contributed by atoms with E-state index in [-0.39, 0.29) is 30.4 Å². The Morgan fingerprint density at radius 1 is 1.33 bits per heavy atom. The number of hydrogen-bond donors (Lipinski definition) is 0. The van der Waals surface area contributed by atoms with E-state index in [1.54, 1.807) is 0 Å². The molecule has 2 fully saturated rings. The molecule has 0 N–H and O–H groups in total. The van der Waals surface area contributed by atoms with Crippen LogP contribution in [-0.4, -0.2) is 31.1 Å². The highest BCUT2D eigenvalue weighted by molar-refractivity contribution is 5.78. The van der Waals surface area contributed by atoms with Crippen LogP contribution in [0, 0.1) is 5.92 Å². The molecule has 3 unspecified atom stereocenters. The Morgan fingerprint density at radius 3 is 2.88 bits per heavy atom. The van der Waals surface area contributed by atoms with Crippen molar-refractivity contribution in [2.45, 2.75) is 96.1 Å². The largest absolute Gasteiger partial charge is 0.461 e. The molecule has 0 radical (unpaired) electrons. The quantitative estimate of drug-likeness (QED) is 0.292. The van der Waals surface area contributed by atoms with Crippen LogP contribution >= 0.6 is 0 Å². The lowest BCUT2D eigenvalue weighted by Gasteiger charge is -2.38. The molecule has 0 amide bonds. The topological polar surface area (TPSA) is 44.8 Å². The minimum Gasteiger partial charge on any atom is -0.461 e. The highest BCUT2D eigenvalue weighted by Gasteiger charge is 2.43. The van der Waals surface area contributed by atoms with E-state index in [4.69, 9.17) is 14.2 Å². The first-order valence-corrected chi connectivity index (χ1v) is 9.83. The normalized spacial score (nSPS) is 28.0. The van der Waals surface area contributed by atoms with E-state index >= 15 is 0 Å². The maximum absolute atomic E-state index is 11.8. The monoisotopic (exact) mass is 338 g/mol. The van der Waals surface area contributed by atoms with Gasteiger partial charge in [0.15, 0.2) is 6.29 Å². The summed E-state index contributed by atoms with van der Waals surface area (Å²) in [5.74, 6) is 0.0526. The Balaban J connectivity index is 1.78. The zero-order valence-electron chi connectivity index (χ0n) is 15.2. The molecule has 2 aliphatic rings. The molecular formula is C20H34O4. The molecule has 0 bridgehead atoms. The van der Waals surface area contributed by atoms with Crippen molar-refractivity contribution in [3.8, 4) is 0 Å². The van der Waals surface area contributed by atoms with Crippen molar-refractivity contribution in [2.24, 2.45) is 5.92 Å². The van der Waals surface area contributed by atoms with Gasteiger partial charge in [0.1, 0.15) is 6.10 Å².